The standard InChI is InChI=1S/C25H28N6O2/c1-17-20(29-22-7-3-2-6-21(22)26-17)9-8-19-16-23(24(32)27-18-10-14-33-15-11-18)30-25(28-19)31-12-4-5-13-31/h2-3,6-9,16,18H,4-5,10-15H2,1H3,(H,27,32)/b9-8+. The Hall–Kier alpha value is -3.39. The zero-order valence-corrected chi connectivity index (χ0v) is 18.8. The van der Waals surface area contributed by atoms with Gasteiger partial charge < -0.3 is 15.0 Å². The molecule has 3 aromatic rings. The van der Waals surface area contributed by atoms with Crippen LogP contribution in [0.15, 0.2) is 30.3 Å². The van der Waals surface area contributed by atoms with Crippen LogP contribution in [0.1, 0.15) is 53.3 Å². The smallest absolute Gasteiger partial charge is 0.270 e. The molecule has 0 unspecified atom stereocenters. The number of aryl methyl sites for hydroxylation is 1. The van der Waals surface area contributed by atoms with Crippen LogP contribution >= 0.6 is 0 Å². The maximum atomic E-state index is 13.0. The lowest BCUT2D eigenvalue weighted by atomic mass is 10.1. The third-order valence-electron chi connectivity index (χ3n) is 6.11. The van der Waals surface area contributed by atoms with E-state index in [1.807, 2.05) is 43.3 Å². The van der Waals surface area contributed by atoms with Crippen LogP contribution in [0.3, 0.4) is 0 Å². The highest BCUT2D eigenvalue weighted by Gasteiger charge is 2.21. The second kappa shape index (κ2) is 9.62. The van der Waals surface area contributed by atoms with Gasteiger partial charge in [-0.2, -0.15) is 0 Å². The molecule has 4 heterocycles. The Kier molecular flexibility index (Phi) is 6.26. The predicted molar refractivity (Wildman–Crippen MR) is 128 cm³/mol. The molecule has 33 heavy (non-hydrogen) atoms. The van der Waals surface area contributed by atoms with Crippen molar-refractivity contribution in [2.45, 2.75) is 38.6 Å². The van der Waals surface area contributed by atoms with Crippen molar-refractivity contribution in [3.05, 3.63) is 53.1 Å². The Balaban J connectivity index is 1.44. The Morgan fingerprint density at radius 2 is 1.76 bits per heavy atom. The molecule has 0 atom stereocenters. The molecule has 5 rings (SSSR count). The molecule has 0 bridgehead atoms. The van der Waals surface area contributed by atoms with Crippen molar-refractivity contribution in [3.8, 4) is 0 Å². The van der Waals surface area contributed by atoms with Crippen molar-refractivity contribution in [1.29, 1.82) is 0 Å². The van der Waals surface area contributed by atoms with E-state index < -0.39 is 0 Å². The van der Waals surface area contributed by atoms with E-state index in [0.29, 0.717) is 30.5 Å². The predicted octanol–water partition coefficient (Wildman–Crippen LogP) is 3.41. The van der Waals surface area contributed by atoms with Gasteiger partial charge in [0.05, 0.1) is 28.1 Å². The van der Waals surface area contributed by atoms with Crippen molar-refractivity contribution in [2.75, 3.05) is 31.2 Å². The van der Waals surface area contributed by atoms with Crippen molar-refractivity contribution in [3.63, 3.8) is 0 Å². The second-order valence-corrected chi connectivity index (χ2v) is 8.55. The number of para-hydroxylation sites is 2. The Morgan fingerprint density at radius 1 is 1.03 bits per heavy atom. The summed E-state index contributed by atoms with van der Waals surface area (Å²) >= 11 is 0. The lowest BCUT2D eigenvalue weighted by molar-refractivity contribution is 0.0694. The number of amides is 1. The number of carbonyl (C=O) groups is 1. The fourth-order valence-electron chi connectivity index (χ4n) is 4.24. The molecule has 170 valence electrons. The first kappa shape index (κ1) is 21.5. The molecule has 1 aromatic carbocycles. The second-order valence-electron chi connectivity index (χ2n) is 8.55. The third kappa shape index (κ3) is 5.01. The summed E-state index contributed by atoms with van der Waals surface area (Å²) in [5.41, 5.74) is 4.41. The molecule has 2 aromatic heterocycles. The number of rotatable bonds is 5. The molecule has 2 saturated heterocycles. The number of benzene rings is 1. The Bertz CT molecular complexity index is 1180. The van der Waals surface area contributed by atoms with Crippen LogP contribution in [0.2, 0.25) is 0 Å². The van der Waals surface area contributed by atoms with Gasteiger partial charge in [-0.15, -0.1) is 0 Å². The van der Waals surface area contributed by atoms with E-state index in [0.717, 1.165) is 61.2 Å². The zero-order chi connectivity index (χ0) is 22.6. The number of ether oxygens (including phenoxy) is 1. The molecular formula is C25H28N6O2. The monoisotopic (exact) mass is 444 g/mol. The summed E-state index contributed by atoms with van der Waals surface area (Å²) in [7, 11) is 0. The summed E-state index contributed by atoms with van der Waals surface area (Å²) in [6, 6.07) is 9.68. The SMILES string of the molecule is Cc1nc2ccccc2nc1/C=C/c1cc(C(=O)NC2CCOCC2)nc(N2CCCC2)n1. The fraction of sp³-hybridized carbons (Fsp3) is 0.400. The first-order valence-electron chi connectivity index (χ1n) is 11.6. The summed E-state index contributed by atoms with van der Waals surface area (Å²) in [5, 5.41) is 3.11. The lowest BCUT2D eigenvalue weighted by Gasteiger charge is -2.23. The van der Waals surface area contributed by atoms with E-state index in [-0.39, 0.29) is 11.9 Å². The van der Waals surface area contributed by atoms with Gasteiger partial charge in [0.2, 0.25) is 5.95 Å². The summed E-state index contributed by atoms with van der Waals surface area (Å²) < 4.78 is 5.40. The summed E-state index contributed by atoms with van der Waals surface area (Å²) in [6.07, 6.45) is 7.66. The first-order valence-corrected chi connectivity index (χ1v) is 11.6. The molecular weight excluding hydrogens is 416 g/mol. The minimum Gasteiger partial charge on any atom is -0.381 e. The average Bonchev–Trinajstić information content (AvgIpc) is 3.38. The molecule has 0 aliphatic carbocycles. The number of hydrogen-bond donors (Lipinski definition) is 1. The van der Waals surface area contributed by atoms with Crippen molar-refractivity contribution < 1.29 is 9.53 Å². The Labute approximate surface area is 193 Å². The van der Waals surface area contributed by atoms with Gasteiger partial charge in [0.1, 0.15) is 5.69 Å². The van der Waals surface area contributed by atoms with E-state index in [1.165, 1.54) is 0 Å². The van der Waals surface area contributed by atoms with Crippen LogP contribution in [0.4, 0.5) is 5.95 Å². The average molecular weight is 445 g/mol. The van der Waals surface area contributed by atoms with Gasteiger partial charge in [-0.05, 0) is 63.0 Å². The molecule has 1 amide bonds. The number of carbonyl (C=O) groups excluding carboxylic acids is 1. The van der Waals surface area contributed by atoms with Gasteiger partial charge in [0, 0.05) is 32.3 Å². The van der Waals surface area contributed by atoms with Crippen molar-refractivity contribution in [1.82, 2.24) is 25.3 Å². The van der Waals surface area contributed by atoms with Crippen molar-refractivity contribution >= 4 is 35.0 Å². The third-order valence-corrected chi connectivity index (χ3v) is 6.11. The van der Waals surface area contributed by atoms with Crippen LogP contribution in [0, 0.1) is 6.92 Å². The van der Waals surface area contributed by atoms with Gasteiger partial charge >= 0.3 is 0 Å². The van der Waals surface area contributed by atoms with Gasteiger partial charge in [0.15, 0.2) is 0 Å². The summed E-state index contributed by atoms with van der Waals surface area (Å²) in [4.78, 5) is 33.9. The van der Waals surface area contributed by atoms with E-state index in [4.69, 9.17) is 14.7 Å². The highest BCUT2D eigenvalue weighted by molar-refractivity contribution is 5.93. The maximum Gasteiger partial charge on any atom is 0.270 e. The van der Waals surface area contributed by atoms with Gasteiger partial charge in [-0.3, -0.25) is 4.79 Å². The number of anilines is 1. The molecule has 2 aliphatic rings. The number of fused-ring (bicyclic) bond motifs is 1. The van der Waals surface area contributed by atoms with E-state index in [2.05, 4.69) is 20.2 Å². The molecule has 0 saturated carbocycles. The minimum absolute atomic E-state index is 0.117. The van der Waals surface area contributed by atoms with E-state index >= 15 is 0 Å². The quantitative estimate of drug-likeness (QED) is 0.645. The number of aromatic nitrogens is 4. The van der Waals surface area contributed by atoms with Gasteiger partial charge in [-0.25, -0.2) is 19.9 Å². The van der Waals surface area contributed by atoms with Crippen LogP contribution in [0.5, 0.6) is 0 Å². The van der Waals surface area contributed by atoms with Crippen LogP contribution in [0.25, 0.3) is 23.2 Å². The Morgan fingerprint density at radius 3 is 2.52 bits per heavy atom. The van der Waals surface area contributed by atoms with Gasteiger partial charge in [0.25, 0.3) is 5.91 Å². The molecule has 8 nitrogen and oxygen atoms in total. The van der Waals surface area contributed by atoms with Crippen LogP contribution in [-0.2, 0) is 4.74 Å². The molecule has 0 spiro atoms. The largest absolute Gasteiger partial charge is 0.381 e. The molecule has 2 fully saturated rings. The fourth-order valence-corrected chi connectivity index (χ4v) is 4.24. The van der Waals surface area contributed by atoms with E-state index in [1.54, 1.807) is 6.07 Å². The minimum atomic E-state index is -0.166. The van der Waals surface area contributed by atoms with E-state index in [9.17, 15) is 4.79 Å². The number of hydrogen-bond acceptors (Lipinski definition) is 7. The highest BCUT2D eigenvalue weighted by atomic mass is 16.5. The van der Waals surface area contributed by atoms with Crippen molar-refractivity contribution in [2.24, 2.45) is 0 Å². The molecule has 2 aliphatic heterocycles. The topological polar surface area (TPSA) is 93.1 Å². The summed E-state index contributed by atoms with van der Waals surface area (Å²) in [6.45, 7) is 5.11. The van der Waals surface area contributed by atoms with Crippen LogP contribution < -0.4 is 10.2 Å². The number of nitrogens with zero attached hydrogens (tertiary/aromatic N) is 5. The first-order chi connectivity index (χ1) is 16.2. The van der Waals surface area contributed by atoms with Crippen LogP contribution in [-0.4, -0.2) is 58.2 Å². The molecule has 0 radical (unpaired) electrons. The lowest BCUT2D eigenvalue weighted by Crippen LogP contribution is -2.39. The summed E-state index contributed by atoms with van der Waals surface area (Å²) in [5.74, 6) is 0.439. The zero-order valence-electron chi connectivity index (χ0n) is 18.8. The van der Waals surface area contributed by atoms with Gasteiger partial charge in [-0.1, -0.05) is 12.1 Å². The normalized spacial score (nSPS) is 17.2. The highest BCUT2D eigenvalue weighted by Crippen LogP contribution is 2.19. The molecule has 8 heteroatoms. The number of nitrogens with one attached hydrogen (secondary N) is 1. The molecule has 1 N–H and O–H groups in total. The maximum absolute atomic E-state index is 13.0.